The lowest BCUT2D eigenvalue weighted by Crippen LogP contribution is -2.46. The fourth-order valence-corrected chi connectivity index (χ4v) is 2.61. The first-order valence-corrected chi connectivity index (χ1v) is 7.88. The molecule has 2 rings (SSSR count). The van der Waals surface area contributed by atoms with Gasteiger partial charge in [0.25, 0.3) is 0 Å². The topological polar surface area (TPSA) is 35.5 Å². The molecule has 1 aromatic carbocycles. The van der Waals surface area contributed by atoms with E-state index in [9.17, 15) is 9.50 Å². The highest BCUT2D eigenvalue weighted by Crippen LogP contribution is 2.25. The number of aliphatic hydroxyl groups is 1. The van der Waals surface area contributed by atoms with Gasteiger partial charge in [0.1, 0.15) is 5.82 Å². The zero-order valence-electron chi connectivity index (χ0n) is 13.1. The molecule has 1 aromatic rings. The maximum absolute atomic E-state index is 12.9. The van der Waals surface area contributed by atoms with Crippen molar-refractivity contribution in [1.82, 2.24) is 5.32 Å². The van der Waals surface area contributed by atoms with Crippen molar-refractivity contribution in [2.45, 2.75) is 50.6 Å². The first kappa shape index (κ1) is 16.2. The van der Waals surface area contributed by atoms with E-state index in [1.54, 1.807) is 0 Å². The minimum absolute atomic E-state index is 0.143. The van der Waals surface area contributed by atoms with Crippen molar-refractivity contribution in [1.29, 1.82) is 0 Å². The Labute approximate surface area is 127 Å². The Hall–Kier alpha value is -1.13. The highest BCUT2D eigenvalue weighted by molar-refractivity contribution is 5.45. The van der Waals surface area contributed by atoms with E-state index in [1.807, 2.05) is 19.2 Å². The van der Waals surface area contributed by atoms with Gasteiger partial charge in [-0.25, -0.2) is 4.39 Å². The highest BCUT2D eigenvalue weighted by Gasteiger charge is 2.31. The van der Waals surface area contributed by atoms with E-state index in [4.69, 9.17) is 0 Å². The minimum Gasteiger partial charge on any atom is -0.394 e. The molecule has 4 heteroatoms. The Morgan fingerprint density at radius 3 is 2.52 bits per heavy atom. The lowest BCUT2D eigenvalue weighted by atomic mass is 9.95. The first-order chi connectivity index (χ1) is 10.0. The van der Waals surface area contributed by atoms with Crippen molar-refractivity contribution < 1.29 is 9.50 Å². The second-order valence-electron chi connectivity index (χ2n) is 6.49. The largest absolute Gasteiger partial charge is 0.394 e. The van der Waals surface area contributed by atoms with Gasteiger partial charge in [-0.1, -0.05) is 0 Å². The molecular formula is C17H27FN2O. The van der Waals surface area contributed by atoms with Crippen molar-refractivity contribution in [2.24, 2.45) is 0 Å². The summed E-state index contributed by atoms with van der Waals surface area (Å²) in [5.41, 5.74) is 0.896. The van der Waals surface area contributed by atoms with E-state index in [0.29, 0.717) is 6.04 Å². The summed E-state index contributed by atoms with van der Waals surface area (Å²) >= 11 is 0. The number of aliphatic hydroxyl groups excluding tert-OH is 1. The standard InChI is InChI=1S/C17H27FN2O/c1-17(13-21,19-15-7-8-15)11-3-4-12-20(2)16-9-5-14(18)6-10-16/h5-6,9-10,15,19,21H,3-4,7-8,11-13H2,1-2H3. The maximum Gasteiger partial charge on any atom is 0.123 e. The van der Waals surface area contributed by atoms with Gasteiger partial charge in [-0.05, 0) is 63.3 Å². The zero-order chi connectivity index (χ0) is 15.3. The number of anilines is 1. The van der Waals surface area contributed by atoms with Gasteiger partial charge in [-0.3, -0.25) is 0 Å². The Bertz CT molecular complexity index is 433. The van der Waals surface area contributed by atoms with Gasteiger partial charge in [-0.15, -0.1) is 0 Å². The predicted molar refractivity (Wildman–Crippen MR) is 85.2 cm³/mol. The number of hydrogen-bond donors (Lipinski definition) is 2. The summed E-state index contributed by atoms with van der Waals surface area (Å²) in [6.45, 7) is 3.24. The monoisotopic (exact) mass is 294 g/mol. The van der Waals surface area contributed by atoms with Crippen LogP contribution in [0.15, 0.2) is 24.3 Å². The molecule has 1 fully saturated rings. The van der Waals surface area contributed by atoms with Gasteiger partial charge in [-0.2, -0.15) is 0 Å². The van der Waals surface area contributed by atoms with Crippen LogP contribution in [0.4, 0.5) is 10.1 Å². The molecule has 0 saturated heterocycles. The molecule has 1 saturated carbocycles. The molecule has 0 bridgehead atoms. The normalized spacial score (nSPS) is 17.5. The Morgan fingerprint density at radius 1 is 1.29 bits per heavy atom. The molecule has 0 radical (unpaired) electrons. The molecule has 0 aromatic heterocycles. The molecule has 0 heterocycles. The highest BCUT2D eigenvalue weighted by atomic mass is 19.1. The summed E-state index contributed by atoms with van der Waals surface area (Å²) in [6.07, 6.45) is 5.60. The van der Waals surface area contributed by atoms with Gasteiger partial charge in [0.2, 0.25) is 0 Å². The average molecular weight is 294 g/mol. The molecule has 3 nitrogen and oxygen atoms in total. The summed E-state index contributed by atoms with van der Waals surface area (Å²) in [5.74, 6) is -0.197. The molecule has 118 valence electrons. The first-order valence-electron chi connectivity index (χ1n) is 7.88. The number of hydrogen-bond acceptors (Lipinski definition) is 3. The fourth-order valence-electron chi connectivity index (χ4n) is 2.61. The minimum atomic E-state index is -0.197. The van der Waals surface area contributed by atoms with E-state index in [2.05, 4.69) is 17.1 Å². The number of nitrogens with zero attached hydrogens (tertiary/aromatic N) is 1. The van der Waals surface area contributed by atoms with E-state index in [0.717, 1.165) is 31.5 Å². The Balaban J connectivity index is 1.69. The van der Waals surface area contributed by atoms with Crippen LogP contribution >= 0.6 is 0 Å². The van der Waals surface area contributed by atoms with Crippen molar-refractivity contribution >= 4 is 5.69 Å². The number of nitrogens with one attached hydrogen (secondary N) is 1. The average Bonchev–Trinajstić information content (AvgIpc) is 3.28. The third-order valence-electron chi connectivity index (χ3n) is 4.22. The summed E-state index contributed by atoms with van der Waals surface area (Å²) in [4.78, 5) is 2.14. The third kappa shape index (κ3) is 5.29. The lowest BCUT2D eigenvalue weighted by molar-refractivity contribution is 0.161. The molecule has 1 atom stereocenters. The SMILES string of the molecule is CN(CCCCC(C)(CO)NC1CC1)c1ccc(F)cc1. The summed E-state index contributed by atoms with van der Waals surface area (Å²) in [5, 5.41) is 13.1. The van der Waals surface area contributed by atoms with Crippen molar-refractivity contribution in [3.63, 3.8) is 0 Å². The van der Waals surface area contributed by atoms with Crippen LogP contribution in [0.5, 0.6) is 0 Å². The lowest BCUT2D eigenvalue weighted by Gasteiger charge is -2.29. The molecule has 0 amide bonds. The maximum atomic E-state index is 12.9. The number of unbranched alkanes of at least 4 members (excludes halogenated alkanes) is 1. The zero-order valence-corrected chi connectivity index (χ0v) is 13.1. The van der Waals surface area contributed by atoms with Gasteiger partial charge in [0.15, 0.2) is 0 Å². The van der Waals surface area contributed by atoms with Crippen LogP contribution in [0, 0.1) is 5.82 Å². The van der Waals surface area contributed by atoms with E-state index in [1.165, 1.54) is 25.0 Å². The Morgan fingerprint density at radius 2 is 1.95 bits per heavy atom. The van der Waals surface area contributed by atoms with Crippen molar-refractivity contribution in [3.05, 3.63) is 30.1 Å². The van der Waals surface area contributed by atoms with Crippen LogP contribution in [0.25, 0.3) is 0 Å². The number of rotatable bonds is 9. The van der Waals surface area contributed by atoms with Crippen LogP contribution in [-0.2, 0) is 0 Å². The van der Waals surface area contributed by atoms with E-state index < -0.39 is 0 Å². The summed E-state index contributed by atoms with van der Waals surface area (Å²) in [7, 11) is 2.03. The molecule has 1 aliphatic carbocycles. The second-order valence-corrected chi connectivity index (χ2v) is 6.49. The van der Waals surface area contributed by atoms with Crippen molar-refractivity contribution in [3.8, 4) is 0 Å². The fraction of sp³-hybridized carbons (Fsp3) is 0.647. The molecule has 0 spiro atoms. The van der Waals surface area contributed by atoms with Crippen LogP contribution in [0.2, 0.25) is 0 Å². The second kappa shape index (κ2) is 7.23. The van der Waals surface area contributed by atoms with Gasteiger partial charge < -0.3 is 15.3 Å². The molecule has 0 aliphatic heterocycles. The van der Waals surface area contributed by atoms with Gasteiger partial charge in [0, 0.05) is 30.9 Å². The summed E-state index contributed by atoms with van der Waals surface area (Å²) < 4.78 is 12.9. The predicted octanol–water partition coefficient (Wildman–Crippen LogP) is 2.94. The molecular weight excluding hydrogens is 267 g/mol. The summed E-state index contributed by atoms with van der Waals surface area (Å²) in [6, 6.07) is 7.22. The molecule has 1 unspecified atom stereocenters. The van der Waals surface area contributed by atoms with Crippen molar-refractivity contribution in [2.75, 3.05) is 25.1 Å². The third-order valence-corrected chi connectivity index (χ3v) is 4.22. The van der Waals surface area contributed by atoms with Crippen LogP contribution in [-0.4, -0.2) is 36.9 Å². The van der Waals surface area contributed by atoms with Gasteiger partial charge >= 0.3 is 0 Å². The molecule has 21 heavy (non-hydrogen) atoms. The number of benzene rings is 1. The smallest absolute Gasteiger partial charge is 0.123 e. The van der Waals surface area contributed by atoms with Crippen LogP contribution in [0.3, 0.4) is 0 Å². The van der Waals surface area contributed by atoms with E-state index >= 15 is 0 Å². The quantitative estimate of drug-likeness (QED) is 0.687. The van der Waals surface area contributed by atoms with Gasteiger partial charge in [0.05, 0.1) is 6.61 Å². The Kier molecular flexibility index (Phi) is 5.59. The van der Waals surface area contributed by atoms with Crippen LogP contribution < -0.4 is 10.2 Å². The molecule has 1 aliphatic rings. The van der Waals surface area contributed by atoms with E-state index in [-0.39, 0.29) is 18.0 Å². The molecule has 2 N–H and O–H groups in total. The van der Waals surface area contributed by atoms with Crippen LogP contribution in [0.1, 0.15) is 39.0 Å². The number of halogens is 1.